The van der Waals surface area contributed by atoms with Gasteiger partial charge in [-0.25, -0.2) is 14.8 Å². The number of carboxylic acids is 1. The van der Waals surface area contributed by atoms with E-state index in [4.69, 9.17) is 5.11 Å². The molecule has 0 unspecified atom stereocenters. The first-order valence-electron chi connectivity index (χ1n) is 5.03. The number of benzene rings is 1. The lowest BCUT2D eigenvalue weighted by Gasteiger charge is -2.02. The van der Waals surface area contributed by atoms with Crippen LogP contribution in [0.2, 0.25) is 0 Å². The summed E-state index contributed by atoms with van der Waals surface area (Å²) in [6, 6.07) is 5.57. The zero-order valence-electron chi connectivity index (χ0n) is 9.39. The summed E-state index contributed by atoms with van der Waals surface area (Å²) in [5.74, 6) is -1.34. The quantitative estimate of drug-likeness (QED) is 0.518. The third-order valence-electron chi connectivity index (χ3n) is 2.17. The van der Waals surface area contributed by atoms with E-state index < -0.39 is 16.6 Å². The number of nitrogens with zero attached hydrogens (tertiary/aromatic N) is 3. The van der Waals surface area contributed by atoms with Crippen molar-refractivity contribution < 1.29 is 14.8 Å². The lowest BCUT2D eigenvalue weighted by atomic mass is 10.2. The summed E-state index contributed by atoms with van der Waals surface area (Å²) in [6.45, 7) is 0. The fraction of sp³-hybridized carbons (Fsp3) is 0. The van der Waals surface area contributed by atoms with E-state index in [2.05, 4.69) is 9.97 Å². The van der Waals surface area contributed by atoms with Crippen molar-refractivity contribution >= 4 is 23.4 Å². The van der Waals surface area contributed by atoms with E-state index in [1.165, 1.54) is 36.3 Å². The molecular formula is C11H7N3O4S. The number of hydrogen-bond donors (Lipinski definition) is 1. The Balaban J connectivity index is 2.36. The van der Waals surface area contributed by atoms with Gasteiger partial charge in [-0.05, 0) is 18.2 Å². The van der Waals surface area contributed by atoms with Crippen LogP contribution < -0.4 is 0 Å². The minimum Gasteiger partial charge on any atom is -0.477 e. The molecule has 0 bridgehead atoms. The number of nitro benzene ring substituents is 1. The molecule has 0 spiro atoms. The maximum absolute atomic E-state index is 11.0. The van der Waals surface area contributed by atoms with E-state index in [-0.39, 0.29) is 5.56 Å². The summed E-state index contributed by atoms with van der Waals surface area (Å²) in [4.78, 5) is 29.3. The Morgan fingerprint density at radius 3 is 2.74 bits per heavy atom. The topological polar surface area (TPSA) is 106 Å². The molecule has 0 aliphatic rings. The fourth-order valence-corrected chi connectivity index (χ4v) is 2.15. The molecule has 0 saturated heterocycles. The predicted molar refractivity (Wildman–Crippen MR) is 66.2 cm³/mol. The Bertz CT molecular complexity index is 633. The number of hydrogen-bond acceptors (Lipinski definition) is 6. The second-order valence-electron chi connectivity index (χ2n) is 3.39. The average Bonchev–Trinajstić information content (AvgIpc) is 2.39. The second kappa shape index (κ2) is 5.44. The average molecular weight is 277 g/mol. The Morgan fingerprint density at radius 2 is 2.16 bits per heavy atom. The Hall–Kier alpha value is -2.48. The van der Waals surface area contributed by atoms with Crippen LogP contribution in [-0.2, 0) is 0 Å². The van der Waals surface area contributed by atoms with Gasteiger partial charge in [0.25, 0.3) is 5.69 Å². The summed E-state index contributed by atoms with van der Waals surface area (Å²) < 4.78 is 0. The standard InChI is InChI=1S/C11H7N3O4S/c15-11(16)8-5-7(1-2-9(8)14(17)18)19-10-3-4-12-6-13-10/h1-6H,(H,15,16). The van der Waals surface area contributed by atoms with Crippen molar-refractivity contribution in [1.29, 1.82) is 0 Å². The lowest BCUT2D eigenvalue weighted by Crippen LogP contribution is -2.02. The number of rotatable bonds is 4. The summed E-state index contributed by atoms with van der Waals surface area (Å²) in [5, 5.41) is 20.3. The molecule has 0 atom stereocenters. The first-order chi connectivity index (χ1) is 9.08. The zero-order chi connectivity index (χ0) is 13.8. The molecule has 19 heavy (non-hydrogen) atoms. The molecule has 0 saturated carbocycles. The van der Waals surface area contributed by atoms with Gasteiger partial charge in [-0.3, -0.25) is 10.1 Å². The van der Waals surface area contributed by atoms with Gasteiger partial charge in [0, 0.05) is 17.2 Å². The number of carboxylic acid groups (broad SMARTS) is 1. The first kappa shape index (κ1) is 13.0. The number of nitro groups is 1. The molecule has 1 aromatic heterocycles. The summed E-state index contributed by atoms with van der Waals surface area (Å²) >= 11 is 1.20. The highest BCUT2D eigenvalue weighted by Crippen LogP contribution is 2.29. The highest BCUT2D eigenvalue weighted by atomic mass is 32.2. The molecule has 1 heterocycles. The van der Waals surface area contributed by atoms with E-state index in [1.807, 2.05) is 0 Å². The third kappa shape index (κ3) is 3.05. The number of aromatic carboxylic acids is 1. The molecule has 0 radical (unpaired) electrons. The van der Waals surface area contributed by atoms with Crippen LogP contribution in [0.5, 0.6) is 0 Å². The third-order valence-corrected chi connectivity index (χ3v) is 3.11. The molecule has 2 rings (SSSR count). The predicted octanol–water partition coefficient (Wildman–Crippen LogP) is 2.23. The first-order valence-corrected chi connectivity index (χ1v) is 5.85. The molecule has 1 N–H and O–H groups in total. The highest BCUT2D eigenvalue weighted by Gasteiger charge is 2.20. The van der Waals surface area contributed by atoms with E-state index in [0.29, 0.717) is 9.92 Å². The van der Waals surface area contributed by atoms with E-state index in [9.17, 15) is 14.9 Å². The minimum absolute atomic E-state index is 0.343. The Kier molecular flexibility index (Phi) is 3.71. The summed E-state index contributed by atoms with van der Waals surface area (Å²) in [5.41, 5.74) is -0.774. The van der Waals surface area contributed by atoms with Crippen molar-refractivity contribution in [3.05, 3.63) is 52.5 Å². The van der Waals surface area contributed by atoms with Crippen LogP contribution in [0.1, 0.15) is 10.4 Å². The molecule has 96 valence electrons. The molecule has 7 nitrogen and oxygen atoms in total. The van der Waals surface area contributed by atoms with E-state index in [1.54, 1.807) is 12.3 Å². The van der Waals surface area contributed by atoms with Gasteiger partial charge in [0.15, 0.2) is 0 Å². The molecule has 2 aromatic rings. The summed E-state index contributed by atoms with van der Waals surface area (Å²) in [6.07, 6.45) is 2.92. The van der Waals surface area contributed by atoms with Crippen molar-refractivity contribution in [2.45, 2.75) is 9.92 Å². The number of carbonyl (C=O) groups is 1. The van der Waals surface area contributed by atoms with Gasteiger partial charge in [0.05, 0.1) is 4.92 Å². The molecule has 0 fully saturated rings. The smallest absolute Gasteiger partial charge is 0.342 e. The van der Waals surface area contributed by atoms with Crippen LogP contribution in [0.3, 0.4) is 0 Å². The van der Waals surface area contributed by atoms with Crippen molar-refractivity contribution in [2.24, 2.45) is 0 Å². The van der Waals surface area contributed by atoms with Crippen molar-refractivity contribution in [3.63, 3.8) is 0 Å². The lowest BCUT2D eigenvalue weighted by molar-refractivity contribution is -0.385. The Morgan fingerprint density at radius 1 is 1.37 bits per heavy atom. The molecular weight excluding hydrogens is 270 g/mol. The van der Waals surface area contributed by atoms with Crippen molar-refractivity contribution in [1.82, 2.24) is 9.97 Å². The molecule has 0 aliphatic heterocycles. The maximum Gasteiger partial charge on any atom is 0.342 e. The molecule has 0 amide bonds. The van der Waals surface area contributed by atoms with Crippen LogP contribution >= 0.6 is 11.8 Å². The van der Waals surface area contributed by atoms with Crippen LogP contribution in [0.4, 0.5) is 5.69 Å². The monoisotopic (exact) mass is 277 g/mol. The number of aromatic nitrogens is 2. The SMILES string of the molecule is O=C(O)c1cc(Sc2ccncn2)ccc1[N+](=O)[O-]. The van der Waals surface area contributed by atoms with Crippen molar-refractivity contribution in [2.75, 3.05) is 0 Å². The Labute approximate surface area is 111 Å². The van der Waals surface area contributed by atoms with Gasteiger partial charge in [-0.15, -0.1) is 0 Å². The fourth-order valence-electron chi connectivity index (χ4n) is 1.37. The molecule has 1 aromatic carbocycles. The maximum atomic E-state index is 11.0. The zero-order valence-corrected chi connectivity index (χ0v) is 10.2. The van der Waals surface area contributed by atoms with Gasteiger partial charge >= 0.3 is 5.97 Å². The van der Waals surface area contributed by atoms with Crippen molar-refractivity contribution in [3.8, 4) is 0 Å². The minimum atomic E-state index is -1.34. The normalized spacial score (nSPS) is 10.1. The van der Waals surface area contributed by atoms with Crippen LogP contribution in [0.25, 0.3) is 0 Å². The van der Waals surface area contributed by atoms with Crippen LogP contribution in [0.15, 0.2) is 46.7 Å². The molecule has 0 aliphatic carbocycles. The van der Waals surface area contributed by atoms with Crippen LogP contribution in [0, 0.1) is 10.1 Å². The van der Waals surface area contributed by atoms with Gasteiger partial charge < -0.3 is 5.11 Å². The second-order valence-corrected chi connectivity index (χ2v) is 4.48. The highest BCUT2D eigenvalue weighted by molar-refractivity contribution is 7.99. The van der Waals surface area contributed by atoms with E-state index in [0.717, 1.165) is 0 Å². The van der Waals surface area contributed by atoms with Gasteiger partial charge in [-0.2, -0.15) is 0 Å². The summed E-state index contributed by atoms with van der Waals surface area (Å²) in [7, 11) is 0. The van der Waals surface area contributed by atoms with Gasteiger partial charge in [-0.1, -0.05) is 11.8 Å². The van der Waals surface area contributed by atoms with Crippen LogP contribution in [-0.4, -0.2) is 26.0 Å². The largest absolute Gasteiger partial charge is 0.477 e. The van der Waals surface area contributed by atoms with Gasteiger partial charge in [0.2, 0.25) is 0 Å². The molecule has 8 heteroatoms. The van der Waals surface area contributed by atoms with Gasteiger partial charge in [0.1, 0.15) is 16.9 Å². The van der Waals surface area contributed by atoms with E-state index >= 15 is 0 Å².